The Bertz CT molecular complexity index is 473. The summed E-state index contributed by atoms with van der Waals surface area (Å²) in [6, 6.07) is 3.95. The molecule has 2 fully saturated rings. The Morgan fingerprint density at radius 3 is 2.90 bits per heavy atom. The molecular formula is C15H22N2O3S. The lowest BCUT2D eigenvalue weighted by molar-refractivity contribution is -0.130. The molecule has 3 heterocycles. The summed E-state index contributed by atoms with van der Waals surface area (Å²) in [5.74, 6) is 0.121. The predicted molar refractivity (Wildman–Crippen MR) is 81.4 cm³/mol. The summed E-state index contributed by atoms with van der Waals surface area (Å²) < 4.78 is 5.33. The minimum atomic E-state index is -0.761. The second-order valence-electron chi connectivity index (χ2n) is 5.93. The number of nitrogens with zero attached hydrogens (tertiary/aromatic N) is 2. The third kappa shape index (κ3) is 3.83. The van der Waals surface area contributed by atoms with Gasteiger partial charge < -0.3 is 14.7 Å². The Kier molecular flexibility index (Phi) is 4.59. The lowest BCUT2D eigenvalue weighted by atomic mass is 10.0. The van der Waals surface area contributed by atoms with Crippen molar-refractivity contribution in [2.45, 2.75) is 18.4 Å². The zero-order valence-electron chi connectivity index (χ0n) is 12.2. The van der Waals surface area contributed by atoms with E-state index in [2.05, 4.69) is 4.90 Å². The molecule has 0 unspecified atom stereocenters. The summed E-state index contributed by atoms with van der Waals surface area (Å²) in [5.41, 5.74) is -0.761. The van der Waals surface area contributed by atoms with E-state index in [0.717, 1.165) is 31.2 Å². The van der Waals surface area contributed by atoms with Crippen molar-refractivity contribution in [3.05, 3.63) is 22.4 Å². The van der Waals surface area contributed by atoms with Gasteiger partial charge >= 0.3 is 0 Å². The van der Waals surface area contributed by atoms with Crippen molar-refractivity contribution in [3.63, 3.8) is 0 Å². The molecule has 0 spiro atoms. The fourth-order valence-corrected chi connectivity index (χ4v) is 3.74. The zero-order chi connectivity index (χ0) is 14.7. The van der Waals surface area contributed by atoms with Gasteiger partial charge in [0.05, 0.1) is 31.8 Å². The molecule has 0 radical (unpaired) electrons. The number of β-amino-alcohol motifs (C(OH)–C–C–N with tert-alkyl or cyclic N) is 1. The molecule has 1 aromatic rings. The van der Waals surface area contributed by atoms with Gasteiger partial charge in [-0.05, 0) is 17.9 Å². The standard InChI is InChI=1S/C15H22N2O3S/c18-14(10-13-2-1-9-21-13)17-4-3-15(19,12-17)11-16-5-7-20-8-6-16/h1-2,9,19H,3-8,10-12H2/t15-/m0/s1. The summed E-state index contributed by atoms with van der Waals surface area (Å²) >= 11 is 1.61. The third-order valence-corrected chi connectivity index (χ3v) is 5.09. The van der Waals surface area contributed by atoms with Crippen LogP contribution in [0.5, 0.6) is 0 Å². The van der Waals surface area contributed by atoms with Gasteiger partial charge in [0.15, 0.2) is 0 Å². The van der Waals surface area contributed by atoms with E-state index in [1.807, 2.05) is 17.5 Å². The Morgan fingerprint density at radius 2 is 2.19 bits per heavy atom. The highest BCUT2D eigenvalue weighted by Crippen LogP contribution is 2.24. The van der Waals surface area contributed by atoms with Crippen LogP contribution in [0.3, 0.4) is 0 Å². The quantitative estimate of drug-likeness (QED) is 0.884. The predicted octanol–water partition coefficient (Wildman–Crippen LogP) is 0.586. The molecule has 2 saturated heterocycles. The second kappa shape index (κ2) is 6.44. The van der Waals surface area contributed by atoms with E-state index in [9.17, 15) is 9.90 Å². The largest absolute Gasteiger partial charge is 0.387 e. The van der Waals surface area contributed by atoms with Gasteiger partial charge in [-0.1, -0.05) is 6.07 Å². The molecular weight excluding hydrogens is 288 g/mol. The number of aliphatic hydroxyl groups is 1. The monoisotopic (exact) mass is 310 g/mol. The number of thiophene rings is 1. The van der Waals surface area contributed by atoms with E-state index < -0.39 is 5.60 Å². The molecule has 6 heteroatoms. The van der Waals surface area contributed by atoms with Crippen LogP contribution in [-0.4, -0.2) is 72.4 Å². The van der Waals surface area contributed by atoms with Crippen LogP contribution in [0.2, 0.25) is 0 Å². The Hall–Kier alpha value is -0.950. The number of carbonyl (C=O) groups excluding carboxylic acids is 1. The van der Waals surface area contributed by atoms with E-state index in [4.69, 9.17) is 4.74 Å². The van der Waals surface area contributed by atoms with Gasteiger partial charge in [0.25, 0.3) is 0 Å². The first-order valence-corrected chi connectivity index (χ1v) is 8.35. The molecule has 2 aliphatic heterocycles. The minimum absolute atomic E-state index is 0.121. The first kappa shape index (κ1) is 15.0. The van der Waals surface area contributed by atoms with Crippen molar-refractivity contribution in [1.82, 2.24) is 9.80 Å². The highest BCUT2D eigenvalue weighted by atomic mass is 32.1. The van der Waals surface area contributed by atoms with Crippen molar-refractivity contribution in [3.8, 4) is 0 Å². The molecule has 5 nitrogen and oxygen atoms in total. The lowest BCUT2D eigenvalue weighted by Gasteiger charge is -2.33. The van der Waals surface area contributed by atoms with Crippen molar-refractivity contribution in [2.24, 2.45) is 0 Å². The van der Waals surface area contributed by atoms with Crippen LogP contribution in [0.15, 0.2) is 17.5 Å². The maximum atomic E-state index is 12.3. The van der Waals surface area contributed by atoms with Crippen LogP contribution in [-0.2, 0) is 16.0 Å². The zero-order valence-corrected chi connectivity index (χ0v) is 13.0. The minimum Gasteiger partial charge on any atom is -0.387 e. The molecule has 0 saturated carbocycles. The van der Waals surface area contributed by atoms with Crippen LogP contribution in [0.4, 0.5) is 0 Å². The SMILES string of the molecule is O=C(Cc1cccs1)N1CC[C@](O)(CN2CCOCC2)C1. The van der Waals surface area contributed by atoms with Crippen LogP contribution < -0.4 is 0 Å². The smallest absolute Gasteiger partial charge is 0.227 e. The van der Waals surface area contributed by atoms with Gasteiger partial charge in [0.1, 0.15) is 0 Å². The number of likely N-dealkylation sites (tertiary alicyclic amines) is 1. The Balaban J connectivity index is 1.52. The lowest BCUT2D eigenvalue weighted by Crippen LogP contribution is -2.49. The molecule has 2 aliphatic rings. The first-order valence-electron chi connectivity index (χ1n) is 7.47. The highest BCUT2D eigenvalue weighted by Gasteiger charge is 2.39. The fraction of sp³-hybridized carbons (Fsp3) is 0.667. The molecule has 0 aliphatic carbocycles. The van der Waals surface area contributed by atoms with E-state index >= 15 is 0 Å². The maximum Gasteiger partial charge on any atom is 0.227 e. The maximum absolute atomic E-state index is 12.3. The van der Waals surface area contributed by atoms with Crippen LogP contribution in [0, 0.1) is 0 Å². The van der Waals surface area contributed by atoms with Crippen LogP contribution in [0.1, 0.15) is 11.3 Å². The number of rotatable bonds is 4. The number of morpholine rings is 1. The summed E-state index contributed by atoms with van der Waals surface area (Å²) in [4.78, 5) is 17.4. The number of amides is 1. The number of hydrogen-bond acceptors (Lipinski definition) is 5. The third-order valence-electron chi connectivity index (χ3n) is 4.21. The van der Waals surface area contributed by atoms with Crippen LogP contribution in [0.25, 0.3) is 0 Å². The Labute approximate surface area is 129 Å². The number of hydrogen-bond donors (Lipinski definition) is 1. The summed E-state index contributed by atoms with van der Waals surface area (Å²) in [6.07, 6.45) is 1.12. The normalized spacial score (nSPS) is 27.2. The molecule has 1 atom stereocenters. The second-order valence-corrected chi connectivity index (χ2v) is 6.97. The van der Waals surface area contributed by atoms with Gasteiger partial charge in [-0.3, -0.25) is 9.69 Å². The molecule has 3 rings (SSSR count). The van der Waals surface area contributed by atoms with E-state index in [1.54, 1.807) is 16.2 Å². The van der Waals surface area contributed by atoms with Crippen molar-refractivity contribution in [2.75, 3.05) is 45.9 Å². The van der Waals surface area contributed by atoms with E-state index in [-0.39, 0.29) is 5.91 Å². The molecule has 1 aromatic heterocycles. The summed E-state index contributed by atoms with van der Waals surface area (Å²) in [7, 11) is 0. The molecule has 21 heavy (non-hydrogen) atoms. The fourth-order valence-electron chi connectivity index (χ4n) is 3.05. The topological polar surface area (TPSA) is 53.0 Å². The molecule has 1 amide bonds. The van der Waals surface area contributed by atoms with Crippen molar-refractivity contribution in [1.29, 1.82) is 0 Å². The van der Waals surface area contributed by atoms with Crippen LogP contribution >= 0.6 is 11.3 Å². The van der Waals surface area contributed by atoms with Gasteiger partial charge in [-0.2, -0.15) is 0 Å². The average molecular weight is 310 g/mol. The van der Waals surface area contributed by atoms with Gasteiger partial charge in [0.2, 0.25) is 5.91 Å². The molecule has 0 aromatic carbocycles. The molecule has 1 N–H and O–H groups in total. The highest BCUT2D eigenvalue weighted by molar-refractivity contribution is 7.10. The molecule has 0 bridgehead atoms. The average Bonchev–Trinajstić information content (AvgIpc) is 3.10. The first-order chi connectivity index (χ1) is 10.1. The number of carbonyl (C=O) groups is 1. The summed E-state index contributed by atoms with van der Waals surface area (Å²) in [6.45, 7) is 4.95. The summed E-state index contributed by atoms with van der Waals surface area (Å²) in [5, 5.41) is 12.7. The van der Waals surface area contributed by atoms with E-state index in [0.29, 0.717) is 32.5 Å². The van der Waals surface area contributed by atoms with Gasteiger partial charge in [0, 0.05) is 31.1 Å². The number of ether oxygens (including phenoxy) is 1. The van der Waals surface area contributed by atoms with Crippen molar-refractivity contribution < 1.29 is 14.6 Å². The van der Waals surface area contributed by atoms with Gasteiger partial charge in [-0.15, -0.1) is 11.3 Å². The molecule has 116 valence electrons. The van der Waals surface area contributed by atoms with E-state index in [1.165, 1.54) is 0 Å². The Morgan fingerprint density at radius 1 is 1.38 bits per heavy atom. The van der Waals surface area contributed by atoms with Crippen molar-refractivity contribution >= 4 is 17.2 Å². The van der Waals surface area contributed by atoms with Gasteiger partial charge in [-0.25, -0.2) is 0 Å².